The Morgan fingerprint density at radius 2 is 2.04 bits per heavy atom. The molecule has 1 aromatic heterocycles. The maximum absolute atomic E-state index is 12.2. The molecule has 0 unspecified atom stereocenters. The minimum absolute atomic E-state index is 0.291. The lowest BCUT2D eigenvalue weighted by molar-refractivity contribution is 0.155. The van der Waals surface area contributed by atoms with Crippen LogP contribution in [-0.4, -0.2) is 67.1 Å². The number of nitrogens with one attached hydrogen (secondary N) is 2. The molecule has 150 valence electrons. The number of urea groups is 1. The van der Waals surface area contributed by atoms with Crippen molar-refractivity contribution < 1.29 is 9.53 Å². The second kappa shape index (κ2) is 10.3. The average molecular weight is 404 g/mol. The van der Waals surface area contributed by atoms with Crippen molar-refractivity contribution in [2.75, 3.05) is 51.6 Å². The lowest BCUT2D eigenvalue weighted by Crippen LogP contribution is -2.47. The zero-order valence-electron chi connectivity index (χ0n) is 16.0. The fraction of sp³-hybridized carbons (Fsp3) is 0.400. The molecule has 1 aliphatic rings. The van der Waals surface area contributed by atoms with Crippen LogP contribution in [0.5, 0.6) is 5.75 Å². The van der Waals surface area contributed by atoms with Gasteiger partial charge in [0.05, 0.1) is 0 Å². The lowest BCUT2D eigenvalue weighted by Gasteiger charge is -2.32. The smallest absolute Gasteiger partial charge is 0.320 e. The lowest BCUT2D eigenvalue weighted by atomic mass is 10.2. The number of benzene rings is 1. The van der Waals surface area contributed by atoms with Gasteiger partial charge in [-0.05, 0) is 36.9 Å². The van der Waals surface area contributed by atoms with Gasteiger partial charge >= 0.3 is 6.03 Å². The molecule has 3 rings (SSSR count). The van der Waals surface area contributed by atoms with E-state index in [1.165, 1.54) is 0 Å². The van der Waals surface area contributed by atoms with Crippen molar-refractivity contribution in [2.24, 2.45) is 0 Å². The summed E-state index contributed by atoms with van der Waals surface area (Å²) in [6.07, 6.45) is 1.62. The van der Waals surface area contributed by atoms with Crippen LogP contribution in [0, 0.1) is 0 Å². The molecule has 1 fully saturated rings. The van der Waals surface area contributed by atoms with Crippen LogP contribution in [-0.2, 0) is 6.61 Å². The first-order chi connectivity index (χ1) is 13.6. The predicted molar refractivity (Wildman–Crippen MR) is 111 cm³/mol. The van der Waals surface area contributed by atoms with E-state index in [0.717, 1.165) is 38.3 Å². The van der Waals surface area contributed by atoms with Crippen molar-refractivity contribution in [3.63, 3.8) is 0 Å². The van der Waals surface area contributed by atoms with Gasteiger partial charge in [0.2, 0.25) is 0 Å². The topological polar surface area (TPSA) is 69.7 Å². The number of anilines is 1. The molecule has 2 aromatic rings. The van der Waals surface area contributed by atoms with Gasteiger partial charge in [-0.25, -0.2) is 9.78 Å². The van der Waals surface area contributed by atoms with E-state index in [-0.39, 0.29) is 6.03 Å². The highest BCUT2D eigenvalue weighted by atomic mass is 35.5. The number of halogens is 1. The van der Waals surface area contributed by atoms with Crippen molar-refractivity contribution in [3.05, 3.63) is 53.2 Å². The molecule has 0 radical (unpaired) electrons. The third kappa shape index (κ3) is 6.37. The van der Waals surface area contributed by atoms with E-state index >= 15 is 0 Å². The molecule has 8 heteroatoms. The summed E-state index contributed by atoms with van der Waals surface area (Å²) in [5.74, 6) is 0.901. The SMILES string of the molecule is CN1CCN(CCNC(=O)Nc2ncccc2OCc2cccc(Cl)c2)CC1. The van der Waals surface area contributed by atoms with Crippen LogP contribution in [0.4, 0.5) is 10.6 Å². The monoisotopic (exact) mass is 403 g/mol. The standard InChI is InChI=1S/C20H26ClN5O2/c1-25-10-12-26(13-11-25)9-8-23-20(27)24-19-18(6-3-7-22-19)28-15-16-4-2-5-17(21)14-16/h2-7,14H,8-13,15H2,1H3,(H2,22,23,24,27). The van der Waals surface area contributed by atoms with Gasteiger partial charge in [-0.2, -0.15) is 0 Å². The first kappa shape index (κ1) is 20.4. The third-order valence-corrected chi connectivity index (χ3v) is 4.83. The van der Waals surface area contributed by atoms with Crippen molar-refractivity contribution in [2.45, 2.75) is 6.61 Å². The summed E-state index contributed by atoms with van der Waals surface area (Å²) in [6, 6.07) is 10.7. The normalized spacial score (nSPS) is 15.2. The number of aromatic nitrogens is 1. The molecule has 28 heavy (non-hydrogen) atoms. The summed E-state index contributed by atoms with van der Waals surface area (Å²) in [6.45, 7) is 5.94. The van der Waals surface area contributed by atoms with Crippen LogP contribution < -0.4 is 15.4 Å². The number of carbonyl (C=O) groups excluding carboxylic acids is 1. The molecule has 0 bridgehead atoms. The molecule has 0 spiro atoms. The number of hydrogen-bond donors (Lipinski definition) is 2. The van der Waals surface area contributed by atoms with E-state index in [2.05, 4.69) is 32.5 Å². The summed E-state index contributed by atoms with van der Waals surface area (Å²) in [5.41, 5.74) is 0.943. The number of piperazine rings is 1. The Labute approximate surface area is 170 Å². The van der Waals surface area contributed by atoms with Gasteiger partial charge in [0.1, 0.15) is 6.61 Å². The summed E-state index contributed by atoms with van der Waals surface area (Å²) in [5, 5.41) is 6.30. The number of amides is 2. The molecular formula is C20H26ClN5O2. The Kier molecular flexibility index (Phi) is 7.47. The Morgan fingerprint density at radius 1 is 1.21 bits per heavy atom. The Hall–Kier alpha value is -2.35. The van der Waals surface area contributed by atoms with Gasteiger partial charge < -0.3 is 15.0 Å². The number of pyridine rings is 1. The minimum Gasteiger partial charge on any atom is -0.485 e. The fourth-order valence-corrected chi connectivity index (χ4v) is 3.15. The zero-order chi connectivity index (χ0) is 19.8. The molecule has 1 aliphatic heterocycles. The number of carbonyl (C=O) groups is 1. The van der Waals surface area contributed by atoms with E-state index in [0.29, 0.717) is 29.7 Å². The zero-order valence-corrected chi connectivity index (χ0v) is 16.8. The second-order valence-corrected chi connectivity index (χ2v) is 7.23. The van der Waals surface area contributed by atoms with Crippen LogP contribution >= 0.6 is 11.6 Å². The largest absolute Gasteiger partial charge is 0.485 e. The van der Waals surface area contributed by atoms with E-state index < -0.39 is 0 Å². The van der Waals surface area contributed by atoms with E-state index in [9.17, 15) is 4.79 Å². The van der Waals surface area contributed by atoms with Crippen LogP contribution in [0.3, 0.4) is 0 Å². The molecule has 2 N–H and O–H groups in total. The quantitative estimate of drug-likeness (QED) is 0.743. The molecule has 1 aromatic carbocycles. The van der Waals surface area contributed by atoms with Crippen molar-refractivity contribution in [1.82, 2.24) is 20.1 Å². The highest BCUT2D eigenvalue weighted by Crippen LogP contribution is 2.22. The van der Waals surface area contributed by atoms with Gasteiger partial charge in [0, 0.05) is 50.5 Å². The van der Waals surface area contributed by atoms with E-state index in [1.54, 1.807) is 18.3 Å². The number of likely N-dealkylation sites (N-methyl/N-ethyl adjacent to an activating group) is 1. The molecule has 0 aliphatic carbocycles. The van der Waals surface area contributed by atoms with Gasteiger partial charge in [0.25, 0.3) is 0 Å². The molecule has 1 saturated heterocycles. The number of hydrogen-bond acceptors (Lipinski definition) is 5. The molecule has 2 heterocycles. The maximum Gasteiger partial charge on any atom is 0.320 e. The predicted octanol–water partition coefficient (Wildman–Crippen LogP) is 2.68. The van der Waals surface area contributed by atoms with Crippen molar-refractivity contribution >= 4 is 23.4 Å². The highest BCUT2D eigenvalue weighted by molar-refractivity contribution is 6.30. The fourth-order valence-electron chi connectivity index (χ4n) is 2.94. The van der Waals surface area contributed by atoms with Crippen molar-refractivity contribution in [3.8, 4) is 5.75 Å². The van der Waals surface area contributed by atoms with Crippen LogP contribution in [0.15, 0.2) is 42.6 Å². The van der Waals surface area contributed by atoms with Gasteiger partial charge in [-0.3, -0.25) is 10.2 Å². The molecule has 7 nitrogen and oxygen atoms in total. The summed E-state index contributed by atoms with van der Waals surface area (Å²) in [4.78, 5) is 21.1. The Balaban J connectivity index is 1.46. The van der Waals surface area contributed by atoms with Crippen LogP contribution in [0.1, 0.15) is 5.56 Å². The van der Waals surface area contributed by atoms with Gasteiger partial charge in [-0.1, -0.05) is 23.7 Å². The second-order valence-electron chi connectivity index (χ2n) is 6.79. The number of nitrogens with zero attached hydrogens (tertiary/aromatic N) is 3. The summed E-state index contributed by atoms with van der Waals surface area (Å²) < 4.78 is 5.81. The molecule has 2 amide bonds. The third-order valence-electron chi connectivity index (χ3n) is 4.60. The minimum atomic E-state index is -0.291. The maximum atomic E-state index is 12.2. The Morgan fingerprint density at radius 3 is 2.82 bits per heavy atom. The first-order valence-electron chi connectivity index (χ1n) is 9.38. The van der Waals surface area contributed by atoms with Crippen LogP contribution in [0.25, 0.3) is 0 Å². The number of rotatable bonds is 7. The number of ether oxygens (including phenoxy) is 1. The summed E-state index contributed by atoms with van der Waals surface area (Å²) in [7, 11) is 2.13. The molecular weight excluding hydrogens is 378 g/mol. The van der Waals surface area contributed by atoms with E-state index in [4.69, 9.17) is 16.3 Å². The molecule has 0 atom stereocenters. The van der Waals surface area contributed by atoms with Crippen molar-refractivity contribution in [1.29, 1.82) is 0 Å². The average Bonchev–Trinajstić information content (AvgIpc) is 2.69. The first-order valence-corrected chi connectivity index (χ1v) is 9.76. The summed E-state index contributed by atoms with van der Waals surface area (Å²) >= 11 is 6.00. The van der Waals surface area contributed by atoms with Gasteiger partial charge in [0.15, 0.2) is 11.6 Å². The Bertz CT molecular complexity index is 781. The molecule has 0 saturated carbocycles. The van der Waals surface area contributed by atoms with Crippen LogP contribution in [0.2, 0.25) is 5.02 Å². The van der Waals surface area contributed by atoms with Gasteiger partial charge in [-0.15, -0.1) is 0 Å². The highest BCUT2D eigenvalue weighted by Gasteiger charge is 2.14. The van der Waals surface area contributed by atoms with E-state index in [1.807, 2.05) is 24.3 Å².